The highest BCUT2D eigenvalue weighted by molar-refractivity contribution is 7.92. The fourth-order valence-electron chi connectivity index (χ4n) is 3.15. The first-order chi connectivity index (χ1) is 17.1. The van der Waals surface area contributed by atoms with E-state index in [0.717, 1.165) is 4.31 Å². The minimum absolute atomic E-state index is 0.0511. The van der Waals surface area contributed by atoms with Gasteiger partial charge in [0.15, 0.2) is 0 Å². The molecule has 0 unspecified atom stereocenters. The van der Waals surface area contributed by atoms with Crippen molar-refractivity contribution < 1.29 is 22.9 Å². The summed E-state index contributed by atoms with van der Waals surface area (Å²) in [5, 5.41) is 15.4. The average Bonchev–Trinajstić information content (AvgIpc) is 2.87. The highest BCUT2D eigenvalue weighted by Crippen LogP contribution is 2.26. The average molecular weight is 531 g/mol. The minimum atomic E-state index is -4.15. The number of nitrogens with zero attached hydrogens (tertiary/aromatic N) is 3. The highest BCUT2D eigenvalue weighted by atomic mass is 35.5. The Kier molecular flexibility index (Phi) is 8.62. The van der Waals surface area contributed by atoms with Gasteiger partial charge in [-0.2, -0.15) is 5.10 Å². The molecule has 3 rings (SSSR count). The first kappa shape index (κ1) is 26.6. The fraction of sp³-hybridized carbons (Fsp3) is 0.167. The van der Waals surface area contributed by atoms with Crippen LogP contribution in [0.5, 0.6) is 5.75 Å². The van der Waals surface area contributed by atoms with Crippen molar-refractivity contribution in [1.29, 1.82) is 0 Å². The van der Waals surface area contributed by atoms with Gasteiger partial charge in [-0.15, -0.1) is 0 Å². The number of carbonyl (C=O) groups excluding carboxylic acids is 1. The third-order valence-corrected chi connectivity index (χ3v) is 6.99. The third-order valence-electron chi connectivity index (χ3n) is 4.95. The molecule has 10 nitrogen and oxygen atoms in total. The first-order valence-corrected chi connectivity index (χ1v) is 12.5. The van der Waals surface area contributed by atoms with Crippen molar-refractivity contribution >= 4 is 44.6 Å². The summed E-state index contributed by atoms with van der Waals surface area (Å²) in [6.45, 7) is 3.25. The number of sulfonamides is 1. The van der Waals surface area contributed by atoms with Crippen LogP contribution in [-0.4, -0.2) is 38.1 Å². The molecule has 36 heavy (non-hydrogen) atoms. The minimum Gasteiger partial charge on any atom is -0.494 e. The lowest BCUT2D eigenvalue weighted by Crippen LogP contribution is -2.39. The number of non-ortho nitro benzene ring substituents is 1. The van der Waals surface area contributed by atoms with Gasteiger partial charge in [-0.3, -0.25) is 19.2 Å². The van der Waals surface area contributed by atoms with Gasteiger partial charge in [0.1, 0.15) is 12.3 Å². The van der Waals surface area contributed by atoms with E-state index in [0.29, 0.717) is 28.7 Å². The number of amides is 1. The van der Waals surface area contributed by atoms with E-state index in [1.165, 1.54) is 54.6 Å². The maximum Gasteiger partial charge on any atom is 0.270 e. The van der Waals surface area contributed by atoms with Gasteiger partial charge in [-0.05, 0) is 62.4 Å². The topological polar surface area (TPSA) is 131 Å². The van der Waals surface area contributed by atoms with Crippen LogP contribution in [-0.2, 0) is 14.8 Å². The van der Waals surface area contributed by atoms with Crippen molar-refractivity contribution in [2.75, 3.05) is 17.5 Å². The van der Waals surface area contributed by atoms with Gasteiger partial charge < -0.3 is 4.74 Å². The maximum absolute atomic E-state index is 13.4. The van der Waals surface area contributed by atoms with E-state index in [9.17, 15) is 23.3 Å². The van der Waals surface area contributed by atoms with E-state index in [2.05, 4.69) is 10.5 Å². The molecule has 0 saturated heterocycles. The molecule has 0 spiro atoms. The van der Waals surface area contributed by atoms with Crippen LogP contribution >= 0.6 is 11.6 Å². The molecule has 0 aliphatic rings. The Morgan fingerprint density at radius 2 is 1.78 bits per heavy atom. The lowest BCUT2D eigenvalue weighted by Gasteiger charge is -2.24. The number of halogens is 1. The van der Waals surface area contributed by atoms with Gasteiger partial charge in [0.05, 0.1) is 27.8 Å². The normalized spacial score (nSPS) is 11.6. The summed E-state index contributed by atoms with van der Waals surface area (Å²) in [6.07, 6.45) is 0. The molecular formula is C24H23ClN4O6S. The van der Waals surface area contributed by atoms with E-state index in [1.807, 2.05) is 6.92 Å². The van der Waals surface area contributed by atoms with Gasteiger partial charge in [0.25, 0.3) is 21.6 Å². The molecule has 188 valence electrons. The fourth-order valence-corrected chi connectivity index (χ4v) is 4.69. The first-order valence-electron chi connectivity index (χ1n) is 10.7. The molecule has 0 aliphatic heterocycles. The number of nitro benzene ring substituents is 1. The van der Waals surface area contributed by atoms with E-state index in [4.69, 9.17) is 16.3 Å². The summed E-state index contributed by atoms with van der Waals surface area (Å²) in [4.78, 5) is 23.2. The Balaban J connectivity index is 1.87. The van der Waals surface area contributed by atoms with Gasteiger partial charge in [0.2, 0.25) is 0 Å². The van der Waals surface area contributed by atoms with Crippen molar-refractivity contribution in [3.8, 4) is 5.75 Å². The summed E-state index contributed by atoms with van der Waals surface area (Å²) < 4.78 is 33.2. The maximum atomic E-state index is 13.4. The zero-order valence-electron chi connectivity index (χ0n) is 19.4. The van der Waals surface area contributed by atoms with Crippen molar-refractivity contribution in [3.05, 3.63) is 93.5 Å². The number of hydrogen-bond acceptors (Lipinski definition) is 7. The molecule has 1 amide bonds. The standard InChI is InChI=1S/C24H23ClN4O6S/c1-3-35-22-11-9-20(10-12-22)28(36(33,34)23-13-7-19(25)8-14-23)16-24(30)27-26-17(2)18-5-4-6-21(15-18)29(31)32/h4-15H,3,16H2,1-2H3,(H,27,30)/b26-17-. The molecule has 0 aliphatic carbocycles. The Morgan fingerprint density at radius 1 is 1.11 bits per heavy atom. The summed E-state index contributed by atoms with van der Waals surface area (Å²) in [5.74, 6) is -0.169. The number of ether oxygens (including phenoxy) is 1. The molecule has 0 aromatic heterocycles. The second-order valence-electron chi connectivity index (χ2n) is 7.43. The zero-order chi connectivity index (χ0) is 26.3. The molecule has 3 aromatic carbocycles. The predicted octanol–water partition coefficient (Wildman–Crippen LogP) is 4.38. The summed E-state index contributed by atoms with van der Waals surface area (Å²) in [5.41, 5.74) is 3.18. The summed E-state index contributed by atoms with van der Waals surface area (Å²) in [6, 6.07) is 17.6. The largest absolute Gasteiger partial charge is 0.494 e. The van der Waals surface area contributed by atoms with Crippen LogP contribution in [0.1, 0.15) is 19.4 Å². The Bertz CT molecular complexity index is 1380. The lowest BCUT2D eigenvalue weighted by molar-refractivity contribution is -0.384. The quantitative estimate of drug-likeness (QED) is 0.235. The highest BCUT2D eigenvalue weighted by Gasteiger charge is 2.27. The smallest absolute Gasteiger partial charge is 0.270 e. The number of hydrogen-bond donors (Lipinski definition) is 1. The summed E-state index contributed by atoms with van der Waals surface area (Å²) in [7, 11) is -4.15. The van der Waals surface area contributed by atoms with Crippen LogP contribution in [0.15, 0.2) is 82.8 Å². The van der Waals surface area contributed by atoms with E-state index in [-0.39, 0.29) is 16.3 Å². The van der Waals surface area contributed by atoms with E-state index < -0.39 is 27.4 Å². The number of carbonyl (C=O) groups is 1. The van der Waals surface area contributed by atoms with Crippen molar-refractivity contribution in [3.63, 3.8) is 0 Å². The second kappa shape index (κ2) is 11.6. The van der Waals surface area contributed by atoms with Crippen LogP contribution in [0.2, 0.25) is 5.02 Å². The van der Waals surface area contributed by atoms with Crippen LogP contribution in [0.4, 0.5) is 11.4 Å². The molecule has 1 N–H and O–H groups in total. The SMILES string of the molecule is CCOc1ccc(N(CC(=O)N/N=C(/C)c2cccc([N+](=O)[O-])c2)S(=O)(=O)c2ccc(Cl)cc2)cc1. The number of rotatable bonds is 10. The van der Waals surface area contributed by atoms with Crippen LogP contribution < -0.4 is 14.5 Å². The number of benzene rings is 3. The molecule has 0 radical (unpaired) electrons. The molecule has 3 aromatic rings. The van der Waals surface area contributed by atoms with Crippen LogP contribution in [0.3, 0.4) is 0 Å². The van der Waals surface area contributed by atoms with E-state index in [1.54, 1.807) is 25.1 Å². The van der Waals surface area contributed by atoms with Crippen LogP contribution in [0.25, 0.3) is 0 Å². The van der Waals surface area contributed by atoms with Crippen molar-refractivity contribution in [2.45, 2.75) is 18.7 Å². The molecule has 0 atom stereocenters. The Hall–Kier alpha value is -3.96. The number of hydrazone groups is 1. The Labute approximate surface area is 213 Å². The number of anilines is 1. The van der Waals surface area contributed by atoms with Crippen molar-refractivity contribution in [1.82, 2.24) is 5.43 Å². The molecule has 0 bridgehead atoms. The van der Waals surface area contributed by atoms with Gasteiger partial charge in [0, 0.05) is 22.7 Å². The third kappa shape index (κ3) is 6.58. The predicted molar refractivity (Wildman–Crippen MR) is 137 cm³/mol. The molecule has 0 fully saturated rings. The summed E-state index contributed by atoms with van der Waals surface area (Å²) >= 11 is 5.90. The number of nitro groups is 1. The lowest BCUT2D eigenvalue weighted by atomic mass is 10.1. The van der Waals surface area contributed by atoms with E-state index >= 15 is 0 Å². The van der Waals surface area contributed by atoms with Crippen LogP contribution in [0, 0.1) is 10.1 Å². The second-order valence-corrected chi connectivity index (χ2v) is 9.73. The molecule has 12 heteroatoms. The van der Waals surface area contributed by atoms with Gasteiger partial charge in [-0.1, -0.05) is 23.7 Å². The van der Waals surface area contributed by atoms with Gasteiger partial charge >= 0.3 is 0 Å². The zero-order valence-corrected chi connectivity index (χ0v) is 21.0. The molecular weight excluding hydrogens is 508 g/mol. The Morgan fingerprint density at radius 3 is 2.39 bits per heavy atom. The molecule has 0 saturated carbocycles. The molecule has 0 heterocycles. The monoisotopic (exact) mass is 530 g/mol. The van der Waals surface area contributed by atoms with Gasteiger partial charge in [-0.25, -0.2) is 13.8 Å². The van der Waals surface area contributed by atoms with Crippen molar-refractivity contribution in [2.24, 2.45) is 5.10 Å². The number of nitrogens with one attached hydrogen (secondary N) is 1.